The minimum atomic E-state index is 0.502. The first kappa shape index (κ1) is 14.7. The van der Waals surface area contributed by atoms with E-state index < -0.39 is 0 Å². The van der Waals surface area contributed by atoms with Crippen molar-refractivity contribution < 1.29 is 0 Å². The fourth-order valence-electron chi connectivity index (χ4n) is 3.22. The standard InChI is InChI=1S/C19H23NS/c1-13-8-9-14(2)15(10-13)11-18(20-3)17-12-21-19-7-5-4-6-16(17)19/h4-10,17-18,20H,11-12H2,1-3H3. The third-order valence-corrected chi connectivity index (χ3v) is 5.75. The lowest BCUT2D eigenvalue weighted by atomic mass is 9.87. The molecule has 0 fully saturated rings. The summed E-state index contributed by atoms with van der Waals surface area (Å²) in [5.41, 5.74) is 5.75. The van der Waals surface area contributed by atoms with E-state index in [4.69, 9.17) is 0 Å². The fourth-order valence-corrected chi connectivity index (χ4v) is 4.55. The summed E-state index contributed by atoms with van der Waals surface area (Å²) in [6.07, 6.45) is 1.10. The number of aryl methyl sites for hydroxylation is 2. The van der Waals surface area contributed by atoms with Gasteiger partial charge in [-0.05, 0) is 50.1 Å². The SMILES string of the molecule is CNC(Cc1cc(C)ccc1C)C1CSc2ccccc21. The van der Waals surface area contributed by atoms with E-state index in [0.717, 1.165) is 6.42 Å². The molecule has 2 aromatic rings. The lowest BCUT2D eigenvalue weighted by Gasteiger charge is -2.24. The molecule has 110 valence electrons. The Bertz CT molecular complexity index is 635. The maximum atomic E-state index is 3.57. The number of benzene rings is 2. The molecule has 1 nitrogen and oxygen atoms in total. The fraction of sp³-hybridized carbons (Fsp3) is 0.368. The lowest BCUT2D eigenvalue weighted by molar-refractivity contribution is 0.488. The van der Waals surface area contributed by atoms with Crippen LogP contribution >= 0.6 is 11.8 Å². The van der Waals surface area contributed by atoms with Crippen LogP contribution in [0.3, 0.4) is 0 Å². The van der Waals surface area contributed by atoms with Crippen molar-refractivity contribution in [3.8, 4) is 0 Å². The van der Waals surface area contributed by atoms with Gasteiger partial charge in [0.25, 0.3) is 0 Å². The van der Waals surface area contributed by atoms with Gasteiger partial charge in [-0.1, -0.05) is 42.0 Å². The average molecular weight is 297 g/mol. The van der Waals surface area contributed by atoms with Crippen LogP contribution < -0.4 is 5.32 Å². The van der Waals surface area contributed by atoms with Crippen LogP contribution in [-0.4, -0.2) is 18.8 Å². The van der Waals surface area contributed by atoms with Crippen molar-refractivity contribution in [1.82, 2.24) is 5.32 Å². The van der Waals surface area contributed by atoms with Crippen molar-refractivity contribution in [1.29, 1.82) is 0 Å². The first-order valence-corrected chi connectivity index (χ1v) is 8.62. The molecule has 0 bridgehead atoms. The number of hydrogen-bond acceptors (Lipinski definition) is 2. The summed E-state index contributed by atoms with van der Waals surface area (Å²) in [5.74, 6) is 1.80. The van der Waals surface area contributed by atoms with Crippen molar-refractivity contribution >= 4 is 11.8 Å². The topological polar surface area (TPSA) is 12.0 Å². The first-order chi connectivity index (χ1) is 10.2. The van der Waals surface area contributed by atoms with Crippen LogP contribution in [0.1, 0.15) is 28.2 Å². The smallest absolute Gasteiger partial charge is 0.0182 e. The zero-order valence-electron chi connectivity index (χ0n) is 13.0. The molecule has 0 amide bonds. The molecule has 2 aromatic carbocycles. The highest BCUT2D eigenvalue weighted by atomic mass is 32.2. The Morgan fingerprint density at radius 2 is 2.00 bits per heavy atom. The Balaban J connectivity index is 1.85. The van der Waals surface area contributed by atoms with E-state index in [9.17, 15) is 0 Å². The van der Waals surface area contributed by atoms with Gasteiger partial charge in [0.2, 0.25) is 0 Å². The van der Waals surface area contributed by atoms with Gasteiger partial charge in [-0.15, -0.1) is 11.8 Å². The van der Waals surface area contributed by atoms with Crippen molar-refractivity contribution in [3.63, 3.8) is 0 Å². The second-order valence-corrected chi connectivity index (χ2v) is 7.05. The highest BCUT2D eigenvalue weighted by Gasteiger charge is 2.29. The molecule has 0 radical (unpaired) electrons. The van der Waals surface area contributed by atoms with Gasteiger partial charge in [-0.2, -0.15) is 0 Å². The van der Waals surface area contributed by atoms with Gasteiger partial charge < -0.3 is 5.32 Å². The van der Waals surface area contributed by atoms with Crippen molar-refractivity contribution in [2.24, 2.45) is 0 Å². The Morgan fingerprint density at radius 1 is 1.19 bits per heavy atom. The Kier molecular flexibility index (Phi) is 4.37. The Morgan fingerprint density at radius 3 is 2.81 bits per heavy atom. The van der Waals surface area contributed by atoms with Crippen LogP contribution in [-0.2, 0) is 6.42 Å². The van der Waals surface area contributed by atoms with E-state index in [2.05, 4.69) is 68.7 Å². The number of likely N-dealkylation sites (N-methyl/N-ethyl adjacent to an activating group) is 1. The molecule has 2 heteroatoms. The zero-order chi connectivity index (χ0) is 14.8. The molecule has 1 N–H and O–H groups in total. The van der Waals surface area contributed by atoms with Gasteiger partial charge in [0, 0.05) is 22.6 Å². The van der Waals surface area contributed by atoms with Crippen molar-refractivity contribution in [2.75, 3.05) is 12.8 Å². The van der Waals surface area contributed by atoms with Gasteiger partial charge in [0.1, 0.15) is 0 Å². The molecule has 0 aromatic heterocycles. The van der Waals surface area contributed by atoms with E-state index in [0.29, 0.717) is 12.0 Å². The highest BCUT2D eigenvalue weighted by Crippen LogP contribution is 2.41. The monoisotopic (exact) mass is 297 g/mol. The summed E-state index contributed by atoms with van der Waals surface area (Å²) < 4.78 is 0. The number of rotatable bonds is 4. The summed E-state index contributed by atoms with van der Waals surface area (Å²) >= 11 is 2.00. The summed E-state index contributed by atoms with van der Waals surface area (Å²) in [7, 11) is 2.10. The molecule has 3 rings (SSSR count). The molecule has 21 heavy (non-hydrogen) atoms. The number of hydrogen-bond donors (Lipinski definition) is 1. The molecule has 1 aliphatic rings. The van der Waals surface area contributed by atoms with E-state index in [1.807, 2.05) is 11.8 Å². The molecule has 1 heterocycles. The molecular weight excluding hydrogens is 274 g/mol. The molecule has 2 atom stereocenters. The quantitative estimate of drug-likeness (QED) is 0.902. The molecule has 0 saturated heterocycles. The molecule has 1 aliphatic heterocycles. The number of nitrogens with one attached hydrogen (secondary N) is 1. The Hall–Kier alpha value is -1.25. The zero-order valence-corrected chi connectivity index (χ0v) is 13.8. The van der Waals surface area contributed by atoms with Crippen LogP contribution in [0.15, 0.2) is 47.4 Å². The van der Waals surface area contributed by atoms with E-state index in [1.54, 1.807) is 0 Å². The second kappa shape index (κ2) is 6.25. The number of fused-ring (bicyclic) bond motifs is 1. The molecule has 0 spiro atoms. The lowest BCUT2D eigenvalue weighted by Crippen LogP contribution is -2.34. The first-order valence-electron chi connectivity index (χ1n) is 7.64. The molecule has 0 aliphatic carbocycles. The predicted octanol–water partition coefficient (Wildman–Crippen LogP) is 4.32. The normalized spacial score (nSPS) is 18.5. The summed E-state index contributed by atoms with van der Waals surface area (Å²) in [4.78, 5) is 1.46. The van der Waals surface area contributed by atoms with E-state index >= 15 is 0 Å². The molecular formula is C19H23NS. The maximum absolute atomic E-state index is 3.57. The van der Waals surface area contributed by atoms with Crippen LogP contribution in [0, 0.1) is 13.8 Å². The third-order valence-electron chi connectivity index (χ3n) is 4.54. The largest absolute Gasteiger partial charge is 0.316 e. The average Bonchev–Trinajstić information content (AvgIpc) is 2.92. The summed E-state index contributed by atoms with van der Waals surface area (Å²) in [5, 5.41) is 3.57. The molecule has 0 saturated carbocycles. The van der Waals surface area contributed by atoms with Crippen molar-refractivity contribution in [2.45, 2.75) is 37.1 Å². The van der Waals surface area contributed by atoms with E-state index in [1.165, 1.54) is 32.9 Å². The van der Waals surface area contributed by atoms with Gasteiger partial charge in [-0.3, -0.25) is 0 Å². The van der Waals surface area contributed by atoms with Crippen LogP contribution in [0.2, 0.25) is 0 Å². The van der Waals surface area contributed by atoms with Crippen LogP contribution in [0.4, 0.5) is 0 Å². The van der Waals surface area contributed by atoms with E-state index in [-0.39, 0.29) is 0 Å². The maximum Gasteiger partial charge on any atom is 0.0182 e. The van der Waals surface area contributed by atoms with Crippen LogP contribution in [0.25, 0.3) is 0 Å². The summed E-state index contributed by atoms with van der Waals surface area (Å²) in [6, 6.07) is 16.2. The van der Waals surface area contributed by atoms with Gasteiger partial charge >= 0.3 is 0 Å². The summed E-state index contributed by atoms with van der Waals surface area (Å²) in [6.45, 7) is 4.40. The van der Waals surface area contributed by atoms with Gasteiger partial charge in [0.05, 0.1) is 0 Å². The van der Waals surface area contributed by atoms with Gasteiger partial charge in [-0.25, -0.2) is 0 Å². The molecule has 2 unspecified atom stereocenters. The second-order valence-electron chi connectivity index (χ2n) is 5.98. The minimum absolute atomic E-state index is 0.502. The Labute approximate surface area is 132 Å². The highest BCUT2D eigenvalue weighted by molar-refractivity contribution is 7.99. The third kappa shape index (κ3) is 3.02. The van der Waals surface area contributed by atoms with Gasteiger partial charge in [0.15, 0.2) is 0 Å². The minimum Gasteiger partial charge on any atom is -0.316 e. The van der Waals surface area contributed by atoms with Crippen LogP contribution in [0.5, 0.6) is 0 Å². The number of thioether (sulfide) groups is 1. The van der Waals surface area contributed by atoms with Crippen molar-refractivity contribution in [3.05, 3.63) is 64.7 Å². The predicted molar refractivity (Wildman–Crippen MR) is 92.4 cm³/mol.